The Morgan fingerprint density at radius 3 is 2.80 bits per heavy atom. The molecule has 0 atom stereocenters. The van der Waals surface area contributed by atoms with Gasteiger partial charge in [0.1, 0.15) is 5.82 Å². The third kappa shape index (κ3) is 3.93. The molecule has 0 spiro atoms. The lowest BCUT2D eigenvalue weighted by Crippen LogP contribution is -2.11. The molecule has 5 heteroatoms. The highest BCUT2D eigenvalue weighted by atomic mass is 19.1. The number of nitrogens with one attached hydrogen (secondary N) is 1. The van der Waals surface area contributed by atoms with Crippen LogP contribution in [0, 0.1) is 17.0 Å². The molecule has 0 aromatic heterocycles. The highest BCUT2D eigenvalue weighted by Gasteiger charge is 2.04. The van der Waals surface area contributed by atoms with Crippen LogP contribution in [-0.2, 0) is 0 Å². The molecule has 1 aromatic carbocycles. The summed E-state index contributed by atoms with van der Waals surface area (Å²) in [5.41, 5.74) is 5.12. The van der Waals surface area contributed by atoms with Gasteiger partial charge in [0.2, 0.25) is 0 Å². The summed E-state index contributed by atoms with van der Waals surface area (Å²) in [6.07, 6.45) is 0.891. The summed E-state index contributed by atoms with van der Waals surface area (Å²) in [5, 5.41) is 6.94. The van der Waals surface area contributed by atoms with E-state index in [-0.39, 0.29) is 18.2 Å². The van der Waals surface area contributed by atoms with Crippen LogP contribution in [0.4, 0.5) is 8.78 Å². The standard InChI is InChI=1S/C10H12F2N2O/c11-7-3-4-8(12)9(6-7)15-5-1-2-10(13)14/h3-4,6H,1-2,5H2,(H3,13,14). The quantitative estimate of drug-likeness (QED) is 0.447. The molecule has 0 aliphatic heterocycles. The molecule has 3 N–H and O–H groups in total. The number of benzene rings is 1. The third-order valence-corrected chi connectivity index (χ3v) is 1.74. The van der Waals surface area contributed by atoms with Gasteiger partial charge >= 0.3 is 0 Å². The fourth-order valence-electron chi connectivity index (χ4n) is 1.03. The molecule has 0 bridgehead atoms. The Labute approximate surface area is 86.4 Å². The van der Waals surface area contributed by atoms with Gasteiger partial charge in [-0.1, -0.05) is 0 Å². The van der Waals surface area contributed by atoms with E-state index < -0.39 is 11.6 Å². The average molecular weight is 214 g/mol. The second-order valence-electron chi connectivity index (χ2n) is 3.05. The molecule has 0 heterocycles. The zero-order valence-corrected chi connectivity index (χ0v) is 8.09. The molecule has 1 aromatic rings. The summed E-state index contributed by atoms with van der Waals surface area (Å²) < 4.78 is 30.7. The van der Waals surface area contributed by atoms with Gasteiger partial charge < -0.3 is 10.5 Å². The maximum atomic E-state index is 13.0. The van der Waals surface area contributed by atoms with Crippen LogP contribution in [-0.4, -0.2) is 12.4 Å². The fraction of sp³-hybridized carbons (Fsp3) is 0.300. The average Bonchev–Trinajstić information content (AvgIpc) is 2.17. The van der Waals surface area contributed by atoms with Gasteiger partial charge in [0.25, 0.3) is 0 Å². The molecule has 15 heavy (non-hydrogen) atoms. The van der Waals surface area contributed by atoms with E-state index in [1.54, 1.807) is 0 Å². The Balaban J connectivity index is 2.43. The number of amidine groups is 1. The summed E-state index contributed by atoms with van der Waals surface area (Å²) in [6.45, 7) is 0.208. The minimum atomic E-state index is -0.598. The van der Waals surface area contributed by atoms with Gasteiger partial charge in [0.05, 0.1) is 12.4 Å². The SMILES string of the molecule is N=C(N)CCCOc1cc(F)ccc1F. The van der Waals surface area contributed by atoms with Crippen molar-refractivity contribution < 1.29 is 13.5 Å². The van der Waals surface area contributed by atoms with E-state index in [2.05, 4.69) is 0 Å². The van der Waals surface area contributed by atoms with E-state index in [1.807, 2.05) is 0 Å². The maximum absolute atomic E-state index is 13.0. The first-order valence-corrected chi connectivity index (χ1v) is 4.50. The number of hydrogen-bond acceptors (Lipinski definition) is 2. The molecular weight excluding hydrogens is 202 g/mol. The van der Waals surface area contributed by atoms with Crippen molar-refractivity contribution in [3.05, 3.63) is 29.8 Å². The van der Waals surface area contributed by atoms with Crippen molar-refractivity contribution in [1.82, 2.24) is 0 Å². The van der Waals surface area contributed by atoms with Crippen molar-refractivity contribution in [3.8, 4) is 5.75 Å². The van der Waals surface area contributed by atoms with Gasteiger partial charge in [-0.15, -0.1) is 0 Å². The van der Waals surface area contributed by atoms with Crippen molar-refractivity contribution in [2.75, 3.05) is 6.61 Å². The largest absolute Gasteiger partial charge is 0.490 e. The molecule has 0 unspecified atom stereocenters. The zero-order valence-electron chi connectivity index (χ0n) is 8.09. The van der Waals surface area contributed by atoms with Crippen LogP contribution in [0.3, 0.4) is 0 Å². The second kappa shape index (κ2) is 5.29. The maximum Gasteiger partial charge on any atom is 0.165 e. The number of rotatable bonds is 5. The lowest BCUT2D eigenvalue weighted by Gasteiger charge is -2.06. The van der Waals surface area contributed by atoms with Gasteiger partial charge in [0.15, 0.2) is 11.6 Å². The van der Waals surface area contributed by atoms with E-state index in [0.29, 0.717) is 12.8 Å². The lowest BCUT2D eigenvalue weighted by molar-refractivity contribution is 0.296. The van der Waals surface area contributed by atoms with Crippen LogP contribution in [0.15, 0.2) is 18.2 Å². The third-order valence-electron chi connectivity index (χ3n) is 1.74. The summed E-state index contributed by atoms with van der Waals surface area (Å²) in [7, 11) is 0. The van der Waals surface area contributed by atoms with E-state index in [4.69, 9.17) is 15.9 Å². The van der Waals surface area contributed by atoms with Crippen molar-refractivity contribution in [2.24, 2.45) is 5.73 Å². The van der Waals surface area contributed by atoms with Crippen molar-refractivity contribution in [3.63, 3.8) is 0 Å². The molecule has 0 aliphatic rings. The number of ether oxygens (including phenoxy) is 1. The topological polar surface area (TPSA) is 59.1 Å². The second-order valence-corrected chi connectivity index (χ2v) is 3.05. The van der Waals surface area contributed by atoms with Gasteiger partial charge in [-0.2, -0.15) is 0 Å². The highest BCUT2D eigenvalue weighted by Crippen LogP contribution is 2.18. The van der Waals surface area contributed by atoms with Gasteiger partial charge in [-0.25, -0.2) is 8.78 Å². The minimum Gasteiger partial charge on any atom is -0.490 e. The molecule has 0 aliphatic carbocycles. The van der Waals surface area contributed by atoms with Crippen molar-refractivity contribution >= 4 is 5.84 Å². The van der Waals surface area contributed by atoms with E-state index in [0.717, 1.165) is 18.2 Å². The van der Waals surface area contributed by atoms with Crippen LogP contribution >= 0.6 is 0 Å². The minimum absolute atomic E-state index is 0.0540. The Bertz CT molecular complexity index is 355. The van der Waals surface area contributed by atoms with E-state index in [1.165, 1.54) is 0 Å². The van der Waals surface area contributed by atoms with Crippen LogP contribution in [0.2, 0.25) is 0 Å². The Hall–Kier alpha value is -1.65. The predicted molar refractivity (Wildman–Crippen MR) is 53.0 cm³/mol. The Kier molecular flexibility index (Phi) is 4.03. The van der Waals surface area contributed by atoms with E-state index in [9.17, 15) is 8.78 Å². The highest BCUT2D eigenvalue weighted by molar-refractivity contribution is 5.76. The van der Waals surface area contributed by atoms with Crippen LogP contribution in [0.5, 0.6) is 5.75 Å². The Morgan fingerprint density at radius 1 is 1.40 bits per heavy atom. The molecule has 0 fully saturated rings. The number of hydrogen-bond donors (Lipinski definition) is 2. The van der Waals surface area contributed by atoms with Gasteiger partial charge in [0, 0.05) is 12.5 Å². The normalized spacial score (nSPS) is 10.0. The van der Waals surface area contributed by atoms with Crippen LogP contribution in [0.25, 0.3) is 0 Å². The summed E-state index contributed by atoms with van der Waals surface area (Å²) in [4.78, 5) is 0. The monoisotopic (exact) mass is 214 g/mol. The molecule has 0 amide bonds. The predicted octanol–water partition coefficient (Wildman–Crippen LogP) is 2.06. The van der Waals surface area contributed by atoms with Gasteiger partial charge in [-0.3, -0.25) is 5.41 Å². The van der Waals surface area contributed by atoms with Gasteiger partial charge in [-0.05, 0) is 18.6 Å². The van der Waals surface area contributed by atoms with E-state index >= 15 is 0 Å². The lowest BCUT2D eigenvalue weighted by atomic mass is 10.3. The number of halogens is 2. The molecule has 0 saturated heterocycles. The fourth-order valence-corrected chi connectivity index (χ4v) is 1.03. The first-order chi connectivity index (χ1) is 7.09. The van der Waals surface area contributed by atoms with Crippen molar-refractivity contribution in [2.45, 2.75) is 12.8 Å². The summed E-state index contributed by atoms with van der Waals surface area (Å²) in [6, 6.07) is 3.02. The molecule has 82 valence electrons. The first kappa shape index (κ1) is 11.4. The summed E-state index contributed by atoms with van der Waals surface area (Å²) in [5.74, 6) is -1.20. The summed E-state index contributed by atoms with van der Waals surface area (Å²) >= 11 is 0. The zero-order chi connectivity index (χ0) is 11.3. The van der Waals surface area contributed by atoms with Crippen LogP contribution < -0.4 is 10.5 Å². The Morgan fingerprint density at radius 2 is 2.13 bits per heavy atom. The molecule has 0 saturated carbocycles. The molecule has 0 radical (unpaired) electrons. The smallest absolute Gasteiger partial charge is 0.165 e. The molecule has 3 nitrogen and oxygen atoms in total. The van der Waals surface area contributed by atoms with Crippen molar-refractivity contribution in [1.29, 1.82) is 5.41 Å². The van der Waals surface area contributed by atoms with Crippen LogP contribution in [0.1, 0.15) is 12.8 Å². The first-order valence-electron chi connectivity index (χ1n) is 4.50. The molecular formula is C10H12F2N2O. The molecule has 1 rings (SSSR count). The number of nitrogens with two attached hydrogens (primary N) is 1.